The number of allylic oxidation sites excluding steroid dienone is 5. The Balaban J connectivity index is 1.33. The highest BCUT2D eigenvalue weighted by Crippen LogP contribution is 2.38. The van der Waals surface area contributed by atoms with Crippen molar-refractivity contribution in [2.75, 3.05) is 26.7 Å². The van der Waals surface area contributed by atoms with Gasteiger partial charge in [0.15, 0.2) is 0 Å². The average Bonchev–Trinajstić information content (AvgIpc) is 3.06. The zero-order valence-corrected chi connectivity index (χ0v) is 22.2. The van der Waals surface area contributed by atoms with Gasteiger partial charge in [0.05, 0.1) is 5.60 Å². The number of fused-ring (bicyclic) bond motifs is 2. The summed E-state index contributed by atoms with van der Waals surface area (Å²) >= 11 is 6.01. The predicted molar refractivity (Wildman–Crippen MR) is 146 cm³/mol. The van der Waals surface area contributed by atoms with Crippen molar-refractivity contribution in [3.05, 3.63) is 100 Å². The van der Waals surface area contributed by atoms with Crippen LogP contribution in [0, 0.1) is 0 Å². The Bertz CT molecular complexity index is 1390. The van der Waals surface area contributed by atoms with Gasteiger partial charge in [0.2, 0.25) is 15.9 Å². The number of rotatable bonds is 6. The summed E-state index contributed by atoms with van der Waals surface area (Å²) < 4.78 is 34.0. The summed E-state index contributed by atoms with van der Waals surface area (Å²) in [6, 6.07) is 11.2. The first-order chi connectivity index (χ1) is 17.8. The Morgan fingerprint density at radius 2 is 2.00 bits per heavy atom. The van der Waals surface area contributed by atoms with E-state index in [1.54, 1.807) is 24.4 Å². The lowest BCUT2D eigenvalue weighted by atomic mass is 9.84. The molecule has 3 aliphatic rings. The molecule has 0 saturated carbocycles. The van der Waals surface area contributed by atoms with E-state index in [-0.39, 0.29) is 0 Å². The fraction of sp³-hybridized carbons (Fsp3) is 0.321. The number of hydrogen-bond donors (Lipinski definition) is 2. The van der Waals surface area contributed by atoms with Crippen LogP contribution in [-0.2, 0) is 15.6 Å². The molecular formula is C28H30ClN3O4S. The van der Waals surface area contributed by atoms with Gasteiger partial charge in [0, 0.05) is 42.0 Å². The third kappa shape index (κ3) is 5.44. The van der Waals surface area contributed by atoms with E-state index >= 15 is 0 Å². The molecule has 1 saturated heterocycles. The molecular weight excluding hydrogens is 510 g/mol. The number of likely N-dealkylation sites (tertiary alicyclic amines) is 1. The highest BCUT2D eigenvalue weighted by atomic mass is 35.5. The standard InChI is InChI=1S/C28H30ClN3O4S/c1-30-37(34,35)26-8-2-7-25-24(26)19-20(23-6-3-15-31-27(23)36-25)5-4-16-32-17-13-28(33,14-18-32)21-9-11-22(29)12-10-21/h2-3,5-12,15,19,26,30,33H,4,13-14,16-18H2,1H3. The summed E-state index contributed by atoms with van der Waals surface area (Å²) in [5.74, 6) is 0.931. The molecule has 1 unspecified atom stereocenters. The number of hydrogen-bond acceptors (Lipinski definition) is 6. The van der Waals surface area contributed by atoms with Crippen LogP contribution >= 0.6 is 11.6 Å². The third-order valence-corrected chi connectivity index (χ3v) is 9.12. The normalized spacial score (nSPS) is 22.4. The number of sulfonamides is 1. The minimum absolute atomic E-state index is 0.452. The van der Waals surface area contributed by atoms with Gasteiger partial charge in [-0.1, -0.05) is 42.0 Å². The monoisotopic (exact) mass is 539 g/mol. The van der Waals surface area contributed by atoms with E-state index in [9.17, 15) is 13.5 Å². The molecule has 0 amide bonds. The summed E-state index contributed by atoms with van der Waals surface area (Å²) in [5.41, 5.74) is 2.35. The lowest BCUT2D eigenvalue weighted by Crippen LogP contribution is -2.42. The molecule has 9 heteroatoms. The van der Waals surface area contributed by atoms with E-state index in [2.05, 4.69) is 20.7 Å². The maximum atomic E-state index is 12.7. The largest absolute Gasteiger partial charge is 0.438 e. The van der Waals surface area contributed by atoms with Gasteiger partial charge in [-0.3, -0.25) is 0 Å². The van der Waals surface area contributed by atoms with Gasteiger partial charge < -0.3 is 14.7 Å². The third-order valence-electron chi connectivity index (χ3n) is 7.22. The molecule has 7 nitrogen and oxygen atoms in total. The number of nitrogens with zero attached hydrogens (tertiary/aromatic N) is 2. The van der Waals surface area contributed by atoms with Crippen molar-refractivity contribution in [3.8, 4) is 5.88 Å². The molecule has 3 heterocycles. The van der Waals surface area contributed by atoms with Crippen molar-refractivity contribution in [1.29, 1.82) is 0 Å². The van der Waals surface area contributed by atoms with Gasteiger partial charge in [-0.2, -0.15) is 0 Å². The molecule has 2 aliphatic heterocycles. The second kappa shape index (κ2) is 10.6. The summed E-state index contributed by atoms with van der Waals surface area (Å²) in [6.45, 7) is 2.39. The number of ether oxygens (including phenoxy) is 1. The summed E-state index contributed by atoms with van der Waals surface area (Å²) in [7, 11) is -2.19. The van der Waals surface area contributed by atoms with E-state index < -0.39 is 20.9 Å². The average molecular weight is 540 g/mol. The van der Waals surface area contributed by atoms with Gasteiger partial charge in [-0.05, 0) is 73.9 Å². The molecule has 0 bridgehead atoms. The van der Waals surface area contributed by atoms with Gasteiger partial charge in [0.1, 0.15) is 11.0 Å². The van der Waals surface area contributed by atoms with Crippen LogP contribution in [0.1, 0.15) is 30.4 Å². The van der Waals surface area contributed by atoms with Crippen molar-refractivity contribution in [2.45, 2.75) is 30.1 Å². The second-order valence-corrected chi connectivity index (χ2v) is 11.9. The Morgan fingerprint density at radius 3 is 2.73 bits per heavy atom. The smallest absolute Gasteiger partial charge is 0.227 e. The van der Waals surface area contributed by atoms with E-state index in [0.717, 1.165) is 42.8 Å². The van der Waals surface area contributed by atoms with E-state index in [4.69, 9.17) is 16.3 Å². The maximum Gasteiger partial charge on any atom is 0.227 e. The summed E-state index contributed by atoms with van der Waals surface area (Å²) in [6.07, 6.45) is 12.9. The first-order valence-corrected chi connectivity index (χ1v) is 14.3. The van der Waals surface area contributed by atoms with E-state index in [1.807, 2.05) is 42.5 Å². The number of piperidine rings is 1. The summed E-state index contributed by atoms with van der Waals surface area (Å²) in [5, 5.41) is 11.0. The molecule has 1 aromatic heterocycles. The lowest BCUT2D eigenvalue weighted by molar-refractivity contribution is -0.0254. The van der Waals surface area contributed by atoms with Crippen LogP contribution in [0.2, 0.25) is 5.02 Å². The van der Waals surface area contributed by atoms with Crippen LogP contribution in [-0.4, -0.2) is 55.3 Å². The van der Waals surface area contributed by atoms with Crippen LogP contribution in [0.25, 0.3) is 5.57 Å². The quantitative estimate of drug-likeness (QED) is 0.572. The number of halogens is 1. The number of pyridine rings is 1. The molecule has 1 aromatic carbocycles. The first kappa shape index (κ1) is 25.9. The molecule has 1 aliphatic carbocycles. The molecule has 194 valence electrons. The molecule has 1 fully saturated rings. The van der Waals surface area contributed by atoms with Crippen LogP contribution < -0.4 is 9.46 Å². The minimum atomic E-state index is -3.61. The maximum absolute atomic E-state index is 12.7. The van der Waals surface area contributed by atoms with Gasteiger partial charge in [-0.25, -0.2) is 18.1 Å². The van der Waals surface area contributed by atoms with E-state index in [0.29, 0.717) is 35.1 Å². The molecule has 0 radical (unpaired) electrons. The van der Waals surface area contributed by atoms with Crippen LogP contribution in [0.5, 0.6) is 5.88 Å². The highest BCUT2D eigenvalue weighted by molar-refractivity contribution is 7.90. The molecule has 2 N–H and O–H groups in total. The van der Waals surface area contributed by atoms with Crippen LogP contribution in [0.4, 0.5) is 0 Å². The molecule has 37 heavy (non-hydrogen) atoms. The van der Waals surface area contributed by atoms with Gasteiger partial charge >= 0.3 is 0 Å². The molecule has 1 atom stereocenters. The second-order valence-electron chi connectivity index (χ2n) is 9.47. The van der Waals surface area contributed by atoms with Crippen LogP contribution in [0.3, 0.4) is 0 Å². The van der Waals surface area contributed by atoms with Crippen LogP contribution in [0.15, 0.2) is 84.3 Å². The van der Waals surface area contributed by atoms with Crippen molar-refractivity contribution >= 4 is 27.2 Å². The Kier molecular flexibility index (Phi) is 7.38. The fourth-order valence-electron chi connectivity index (χ4n) is 5.04. The minimum Gasteiger partial charge on any atom is -0.438 e. The predicted octanol–water partition coefficient (Wildman–Crippen LogP) is 4.18. The number of aromatic nitrogens is 1. The number of aliphatic hydroxyl groups is 1. The zero-order chi connectivity index (χ0) is 26.0. The fourth-order valence-corrected chi connectivity index (χ4v) is 6.23. The Hall–Kier alpha value is -2.75. The van der Waals surface area contributed by atoms with Crippen molar-refractivity contribution in [3.63, 3.8) is 0 Å². The Morgan fingerprint density at radius 1 is 1.24 bits per heavy atom. The molecule has 2 aromatic rings. The molecule has 0 spiro atoms. The van der Waals surface area contributed by atoms with Crippen molar-refractivity contribution in [2.24, 2.45) is 0 Å². The zero-order valence-electron chi connectivity index (χ0n) is 20.6. The number of benzene rings is 1. The highest BCUT2D eigenvalue weighted by Gasteiger charge is 2.34. The summed E-state index contributed by atoms with van der Waals surface area (Å²) in [4.78, 5) is 6.75. The molecule has 5 rings (SSSR count). The topological polar surface area (TPSA) is 91.8 Å². The lowest BCUT2D eigenvalue weighted by Gasteiger charge is -2.38. The van der Waals surface area contributed by atoms with Crippen molar-refractivity contribution < 1.29 is 18.3 Å². The first-order valence-electron chi connectivity index (χ1n) is 12.4. The van der Waals surface area contributed by atoms with Gasteiger partial charge in [-0.15, -0.1) is 0 Å². The van der Waals surface area contributed by atoms with E-state index in [1.165, 1.54) is 7.05 Å². The van der Waals surface area contributed by atoms with Crippen molar-refractivity contribution in [1.82, 2.24) is 14.6 Å². The Labute approximate surface area is 222 Å². The SMILES string of the molecule is CNS(=O)(=O)C1C=CC=C2Oc3ncccc3C(=CCCN3CCC(O)(c4ccc(Cl)cc4)CC3)C=C21. The number of nitrogens with one attached hydrogen (secondary N) is 1. The van der Waals surface area contributed by atoms with Gasteiger partial charge in [0.25, 0.3) is 0 Å².